The highest BCUT2D eigenvalue weighted by molar-refractivity contribution is 6.62. The van der Waals surface area contributed by atoms with Crippen LogP contribution in [0.4, 0.5) is 0 Å². The number of nitrogens with zero attached hydrogens (tertiary/aromatic N) is 2. The van der Waals surface area contributed by atoms with Crippen LogP contribution < -0.4 is 5.46 Å². The lowest BCUT2D eigenvalue weighted by Gasteiger charge is -2.32. The van der Waals surface area contributed by atoms with Gasteiger partial charge in [-0.25, -0.2) is 9.97 Å². The predicted octanol–water partition coefficient (Wildman–Crippen LogP) is 7.57. The van der Waals surface area contributed by atoms with Gasteiger partial charge >= 0.3 is 7.12 Å². The van der Waals surface area contributed by atoms with Crippen LogP contribution >= 0.6 is 0 Å². The van der Waals surface area contributed by atoms with Crippen molar-refractivity contribution in [3.05, 3.63) is 103 Å². The van der Waals surface area contributed by atoms with Crippen molar-refractivity contribution in [2.24, 2.45) is 0 Å². The summed E-state index contributed by atoms with van der Waals surface area (Å²) in [7, 11) is -0.441. The summed E-state index contributed by atoms with van der Waals surface area (Å²) in [5.74, 6) is 0. The van der Waals surface area contributed by atoms with Crippen molar-refractivity contribution in [1.82, 2.24) is 9.97 Å². The van der Waals surface area contributed by atoms with Crippen molar-refractivity contribution in [2.45, 2.75) is 38.9 Å². The average molecular weight is 508 g/mol. The van der Waals surface area contributed by atoms with Gasteiger partial charge in [0.25, 0.3) is 0 Å². The molecular weight excluding hydrogens is 479 g/mol. The molecule has 0 N–H and O–H groups in total. The zero-order chi connectivity index (χ0) is 26.8. The number of benzene rings is 4. The second-order valence-corrected chi connectivity index (χ2v) is 11.3. The number of hydrogen-bond donors (Lipinski definition) is 0. The van der Waals surface area contributed by atoms with Crippen LogP contribution in [0, 0.1) is 0 Å². The maximum Gasteiger partial charge on any atom is 0.494 e. The second kappa shape index (κ2) is 8.73. The summed E-state index contributed by atoms with van der Waals surface area (Å²) < 4.78 is 12.7. The van der Waals surface area contributed by atoms with E-state index in [-0.39, 0.29) is 0 Å². The van der Waals surface area contributed by atoms with Crippen LogP contribution in [-0.4, -0.2) is 28.3 Å². The molecule has 1 saturated heterocycles. The normalized spacial score (nSPS) is 16.4. The lowest BCUT2D eigenvalue weighted by atomic mass is 9.78. The second-order valence-electron chi connectivity index (χ2n) is 11.3. The molecule has 0 aliphatic carbocycles. The van der Waals surface area contributed by atoms with Gasteiger partial charge in [-0.15, -0.1) is 0 Å². The van der Waals surface area contributed by atoms with Gasteiger partial charge < -0.3 is 9.31 Å². The molecular formula is C34H29BN2O2. The third-order valence-electron chi connectivity index (χ3n) is 8.29. The van der Waals surface area contributed by atoms with Gasteiger partial charge in [0, 0.05) is 27.3 Å². The van der Waals surface area contributed by atoms with E-state index in [9.17, 15) is 0 Å². The topological polar surface area (TPSA) is 44.2 Å². The predicted molar refractivity (Wildman–Crippen MR) is 161 cm³/mol. The number of pyridine rings is 2. The lowest BCUT2D eigenvalue weighted by Crippen LogP contribution is -2.41. The van der Waals surface area contributed by atoms with Crippen LogP contribution in [0.3, 0.4) is 0 Å². The number of hydrogen-bond acceptors (Lipinski definition) is 4. The fourth-order valence-electron chi connectivity index (χ4n) is 5.40. The minimum absolute atomic E-state index is 0.403. The minimum Gasteiger partial charge on any atom is -0.399 e. The SMILES string of the molecule is CC1(C)OB(c2ccc3c(c2)nc(-c2ccccc2)c2c3ccc3ccc(-c4ccccc4)nc32)OC1(C)C. The fraction of sp³-hybridized carbons (Fsp3) is 0.176. The molecule has 190 valence electrons. The summed E-state index contributed by atoms with van der Waals surface area (Å²) in [5, 5.41) is 4.37. The third kappa shape index (κ3) is 3.92. The quantitative estimate of drug-likeness (QED) is 0.183. The number of aromatic nitrogens is 2. The number of rotatable bonds is 3. The Labute approximate surface area is 228 Å². The molecule has 0 spiro atoms. The molecule has 39 heavy (non-hydrogen) atoms. The van der Waals surface area contributed by atoms with Crippen LogP contribution in [-0.2, 0) is 9.31 Å². The molecule has 0 saturated carbocycles. The molecule has 1 fully saturated rings. The number of fused-ring (bicyclic) bond motifs is 5. The molecule has 0 radical (unpaired) electrons. The molecule has 0 bridgehead atoms. The van der Waals surface area contributed by atoms with Gasteiger partial charge in [-0.05, 0) is 50.7 Å². The highest BCUT2D eigenvalue weighted by atomic mass is 16.7. The van der Waals surface area contributed by atoms with E-state index in [4.69, 9.17) is 19.3 Å². The molecule has 6 aromatic rings. The molecule has 4 nitrogen and oxygen atoms in total. The Kier molecular flexibility index (Phi) is 5.38. The van der Waals surface area contributed by atoms with Crippen LogP contribution in [0.15, 0.2) is 103 Å². The maximum atomic E-state index is 6.35. The summed E-state index contributed by atoms with van der Waals surface area (Å²) >= 11 is 0. The monoisotopic (exact) mass is 508 g/mol. The van der Waals surface area contributed by atoms with E-state index in [0.717, 1.165) is 60.6 Å². The highest BCUT2D eigenvalue weighted by Crippen LogP contribution is 2.39. The Bertz CT molecular complexity index is 1850. The molecule has 1 aliphatic heterocycles. The first-order valence-corrected chi connectivity index (χ1v) is 13.4. The lowest BCUT2D eigenvalue weighted by molar-refractivity contribution is 0.00578. The Hall–Kier alpha value is -4.06. The first kappa shape index (κ1) is 24.0. The van der Waals surface area contributed by atoms with Crippen molar-refractivity contribution in [1.29, 1.82) is 0 Å². The molecule has 2 aromatic heterocycles. The van der Waals surface area contributed by atoms with E-state index in [2.05, 4.69) is 107 Å². The first-order valence-electron chi connectivity index (χ1n) is 13.4. The van der Waals surface area contributed by atoms with Gasteiger partial charge in [0.2, 0.25) is 0 Å². The Morgan fingerprint density at radius 1 is 0.615 bits per heavy atom. The maximum absolute atomic E-state index is 6.35. The molecule has 0 atom stereocenters. The zero-order valence-corrected chi connectivity index (χ0v) is 22.6. The van der Waals surface area contributed by atoms with E-state index < -0.39 is 18.3 Å². The Balaban J connectivity index is 1.49. The third-order valence-corrected chi connectivity index (χ3v) is 8.29. The van der Waals surface area contributed by atoms with Crippen LogP contribution in [0.2, 0.25) is 0 Å². The first-order chi connectivity index (χ1) is 18.8. The van der Waals surface area contributed by atoms with Gasteiger partial charge in [0.15, 0.2) is 0 Å². The largest absolute Gasteiger partial charge is 0.494 e. The van der Waals surface area contributed by atoms with Gasteiger partial charge in [-0.3, -0.25) is 0 Å². The van der Waals surface area contributed by atoms with E-state index in [0.29, 0.717) is 0 Å². The Morgan fingerprint density at radius 2 is 1.23 bits per heavy atom. The van der Waals surface area contributed by atoms with Gasteiger partial charge in [-0.1, -0.05) is 91.0 Å². The molecule has 0 unspecified atom stereocenters. The van der Waals surface area contributed by atoms with E-state index in [1.54, 1.807) is 0 Å². The minimum atomic E-state index is -0.441. The van der Waals surface area contributed by atoms with Crippen molar-refractivity contribution >= 4 is 45.2 Å². The summed E-state index contributed by atoms with van der Waals surface area (Å²) in [6, 6.07) is 35.7. The van der Waals surface area contributed by atoms with E-state index in [1.807, 2.05) is 24.3 Å². The summed E-state index contributed by atoms with van der Waals surface area (Å²) in [4.78, 5) is 10.5. The van der Waals surface area contributed by atoms with Crippen molar-refractivity contribution < 1.29 is 9.31 Å². The van der Waals surface area contributed by atoms with Crippen molar-refractivity contribution in [2.75, 3.05) is 0 Å². The van der Waals surface area contributed by atoms with Gasteiger partial charge in [0.1, 0.15) is 0 Å². The smallest absolute Gasteiger partial charge is 0.399 e. The van der Waals surface area contributed by atoms with Gasteiger partial charge in [0.05, 0.1) is 33.6 Å². The molecule has 3 heterocycles. The van der Waals surface area contributed by atoms with Crippen molar-refractivity contribution in [3.8, 4) is 22.5 Å². The fourth-order valence-corrected chi connectivity index (χ4v) is 5.40. The molecule has 1 aliphatic rings. The molecule has 4 aromatic carbocycles. The average Bonchev–Trinajstić information content (AvgIpc) is 3.18. The zero-order valence-electron chi connectivity index (χ0n) is 22.6. The summed E-state index contributed by atoms with van der Waals surface area (Å²) in [6.07, 6.45) is 0. The van der Waals surface area contributed by atoms with Crippen LogP contribution in [0.25, 0.3) is 55.1 Å². The van der Waals surface area contributed by atoms with Crippen molar-refractivity contribution in [3.63, 3.8) is 0 Å². The molecule has 7 rings (SSSR count). The van der Waals surface area contributed by atoms with Crippen LogP contribution in [0.1, 0.15) is 27.7 Å². The Morgan fingerprint density at radius 3 is 1.92 bits per heavy atom. The summed E-state index contributed by atoms with van der Waals surface area (Å²) in [6.45, 7) is 8.31. The van der Waals surface area contributed by atoms with E-state index in [1.165, 1.54) is 0 Å². The van der Waals surface area contributed by atoms with Gasteiger partial charge in [-0.2, -0.15) is 0 Å². The molecule has 5 heteroatoms. The molecule has 0 amide bonds. The highest BCUT2D eigenvalue weighted by Gasteiger charge is 2.51. The van der Waals surface area contributed by atoms with Crippen LogP contribution in [0.5, 0.6) is 0 Å². The summed E-state index contributed by atoms with van der Waals surface area (Å²) in [5.41, 5.74) is 6.06. The van der Waals surface area contributed by atoms with E-state index >= 15 is 0 Å². The standard InChI is InChI=1S/C34H29BN2O2/c1-33(2)34(3,4)39-35(38-33)25-17-19-26-27-18-15-24-16-20-28(22-11-7-5-8-12-22)36-32(24)30(27)31(37-29(26)21-25)23-13-9-6-10-14-23/h5-21H,1-4H3.